The van der Waals surface area contributed by atoms with Crippen LogP contribution in [-0.2, 0) is 23.0 Å². The zero-order valence-corrected chi connectivity index (χ0v) is 12.2. The minimum atomic E-state index is -3.51. The maximum Gasteiger partial charge on any atom is 0.254 e. The molecule has 0 amide bonds. The predicted octanol–water partition coefficient (Wildman–Crippen LogP) is 1.94. The Labute approximate surface area is 119 Å². The van der Waals surface area contributed by atoms with Crippen LogP contribution in [0.4, 0.5) is 0 Å². The van der Waals surface area contributed by atoms with Crippen molar-refractivity contribution in [3.05, 3.63) is 40.3 Å². The molecule has 0 unspecified atom stereocenters. The van der Waals surface area contributed by atoms with Gasteiger partial charge in [0.25, 0.3) is 10.0 Å². The first kappa shape index (κ1) is 13.0. The molecule has 5 nitrogen and oxygen atoms in total. The lowest BCUT2D eigenvalue weighted by molar-refractivity contribution is 0.389. The van der Waals surface area contributed by atoms with E-state index in [1.165, 1.54) is 10.5 Å². The van der Waals surface area contributed by atoms with E-state index in [0.717, 1.165) is 22.6 Å². The van der Waals surface area contributed by atoms with Gasteiger partial charge < -0.3 is 0 Å². The van der Waals surface area contributed by atoms with E-state index in [-0.39, 0.29) is 8.68 Å². The quantitative estimate of drug-likeness (QED) is 0.849. The number of hydrogen-bond acceptors (Lipinski definition) is 5. The summed E-state index contributed by atoms with van der Waals surface area (Å²) >= 11 is 6.68. The minimum absolute atomic E-state index is 0.185. The summed E-state index contributed by atoms with van der Waals surface area (Å²) in [4.78, 5) is 8.05. The van der Waals surface area contributed by atoms with Crippen LogP contribution in [0.1, 0.15) is 11.3 Å². The number of aromatic nitrogens is 2. The molecule has 3 heterocycles. The largest absolute Gasteiger partial charge is 0.261 e. The van der Waals surface area contributed by atoms with Crippen LogP contribution in [0.3, 0.4) is 0 Å². The van der Waals surface area contributed by atoms with Crippen LogP contribution in [0.15, 0.2) is 28.7 Å². The van der Waals surface area contributed by atoms with E-state index in [4.69, 9.17) is 11.6 Å². The van der Waals surface area contributed by atoms with Crippen molar-refractivity contribution in [3.8, 4) is 0 Å². The summed E-state index contributed by atoms with van der Waals surface area (Å²) < 4.78 is 26.7. The van der Waals surface area contributed by atoms with Gasteiger partial charge in [-0.3, -0.25) is 4.98 Å². The molecule has 0 fully saturated rings. The molecule has 3 rings (SSSR count). The van der Waals surface area contributed by atoms with Crippen LogP contribution in [0.25, 0.3) is 0 Å². The van der Waals surface area contributed by atoms with Gasteiger partial charge in [0.1, 0.15) is 0 Å². The molecule has 0 saturated heterocycles. The number of rotatable bonds is 2. The Bertz CT molecular complexity index is 714. The van der Waals surface area contributed by atoms with Gasteiger partial charge in [0.15, 0.2) is 8.68 Å². The highest BCUT2D eigenvalue weighted by atomic mass is 35.5. The van der Waals surface area contributed by atoms with E-state index in [1.54, 1.807) is 6.20 Å². The van der Waals surface area contributed by atoms with Gasteiger partial charge in [0, 0.05) is 31.4 Å². The van der Waals surface area contributed by atoms with Gasteiger partial charge in [-0.15, -0.1) is 0 Å². The van der Waals surface area contributed by atoms with Crippen molar-refractivity contribution in [1.29, 1.82) is 0 Å². The summed E-state index contributed by atoms with van der Waals surface area (Å²) in [6.45, 7) is 0.781. The zero-order chi connectivity index (χ0) is 13.5. The van der Waals surface area contributed by atoms with Crippen molar-refractivity contribution in [3.63, 3.8) is 0 Å². The molecule has 2 aromatic rings. The third-order valence-corrected chi connectivity index (χ3v) is 6.38. The molecule has 0 atom stereocenters. The van der Waals surface area contributed by atoms with Crippen LogP contribution in [0.5, 0.6) is 0 Å². The smallest absolute Gasteiger partial charge is 0.254 e. The fourth-order valence-corrected chi connectivity index (χ4v) is 4.90. The summed E-state index contributed by atoms with van der Waals surface area (Å²) in [5.41, 5.74) is 1.92. The Morgan fingerprint density at radius 3 is 2.95 bits per heavy atom. The van der Waals surface area contributed by atoms with Crippen molar-refractivity contribution in [2.24, 2.45) is 0 Å². The van der Waals surface area contributed by atoms with Crippen molar-refractivity contribution >= 4 is 33.0 Å². The highest BCUT2D eigenvalue weighted by Gasteiger charge is 2.30. The molecule has 2 aromatic heterocycles. The SMILES string of the molecule is O=S(=O)(c1cnc(Cl)s1)N1CCc2ncccc2C1. The summed E-state index contributed by atoms with van der Waals surface area (Å²) in [5, 5.41) is 0. The van der Waals surface area contributed by atoms with E-state index in [0.29, 0.717) is 19.5 Å². The Kier molecular flexibility index (Phi) is 3.30. The number of thiazole rings is 1. The molecule has 100 valence electrons. The van der Waals surface area contributed by atoms with Crippen molar-refractivity contribution in [2.75, 3.05) is 6.54 Å². The number of fused-ring (bicyclic) bond motifs is 1. The molecular formula is C11H10ClN3O2S2. The highest BCUT2D eigenvalue weighted by Crippen LogP contribution is 2.28. The second kappa shape index (κ2) is 4.82. The summed E-state index contributed by atoms with van der Waals surface area (Å²) in [5.74, 6) is 0. The van der Waals surface area contributed by atoms with Crippen molar-refractivity contribution in [1.82, 2.24) is 14.3 Å². The summed E-state index contributed by atoms with van der Waals surface area (Å²) in [6.07, 6.45) is 3.66. The molecule has 1 aliphatic rings. The van der Waals surface area contributed by atoms with Crippen molar-refractivity contribution in [2.45, 2.75) is 17.2 Å². The van der Waals surface area contributed by atoms with E-state index in [2.05, 4.69) is 9.97 Å². The fourth-order valence-electron chi connectivity index (χ4n) is 2.03. The maximum atomic E-state index is 12.4. The Morgan fingerprint density at radius 1 is 1.37 bits per heavy atom. The molecule has 0 spiro atoms. The number of sulfonamides is 1. The molecule has 1 aliphatic heterocycles. The normalized spacial score (nSPS) is 16.3. The maximum absolute atomic E-state index is 12.4. The average molecular weight is 316 g/mol. The Balaban J connectivity index is 1.93. The van der Waals surface area contributed by atoms with Gasteiger partial charge in [0.05, 0.1) is 6.20 Å². The van der Waals surface area contributed by atoms with Crippen LogP contribution < -0.4 is 0 Å². The number of hydrogen-bond donors (Lipinski definition) is 0. The van der Waals surface area contributed by atoms with Crippen LogP contribution in [0, 0.1) is 0 Å². The number of halogens is 1. The molecule has 0 bridgehead atoms. The molecule has 0 radical (unpaired) electrons. The average Bonchev–Trinajstić information content (AvgIpc) is 2.85. The molecule has 8 heteroatoms. The fraction of sp³-hybridized carbons (Fsp3) is 0.273. The first-order valence-corrected chi connectivity index (χ1v) is 8.25. The van der Waals surface area contributed by atoms with Gasteiger partial charge in [-0.05, 0) is 11.6 Å². The molecule has 19 heavy (non-hydrogen) atoms. The highest BCUT2D eigenvalue weighted by molar-refractivity contribution is 7.91. The van der Waals surface area contributed by atoms with Gasteiger partial charge >= 0.3 is 0 Å². The Hall–Kier alpha value is -1.02. The summed E-state index contributed by atoms with van der Waals surface area (Å²) in [6, 6.07) is 3.72. The third kappa shape index (κ3) is 2.38. The lowest BCUT2D eigenvalue weighted by atomic mass is 10.1. The second-order valence-electron chi connectivity index (χ2n) is 4.13. The monoisotopic (exact) mass is 315 g/mol. The van der Waals surface area contributed by atoms with Crippen LogP contribution >= 0.6 is 22.9 Å². The number of nitrogens with zero attached hydrogens (tertiary/aromatic N) is 3. The van der Waals surface area contributed by atoms with Crippen molar-refractivity contribution < 1.29 is 8.42 Å². The standard InChI is InChI=1S/C11H10ClN3O2S2/c12-11-14-6-10(18-11)19(16,17)15-5-3-9-8(7-15)2-1-4-13-9/h1-2,4,6H,3,5,7H2. The lowest BCUT2D eigenvalue weighted by Gasteiger charge is -2.26. The first-order chi connectivity index (χ1) is 9.07. The van der Waals surface area contributed by atoms with Gasteiger partial charge in [0.2, 0.25) is 0 Å². The van der Waals surface area contributed by atoms with E-state index in [1.807, 2.05) is 12.1 Å². The second-order valence-corrected chi connectivity index (χ2v) is 7.91. The predicted molar refractivity (Wildman–Crippen MR) is 72.7 cm³/mol. The first-order valence-electron chi connectivity index (χ1n) is 5.61. The van der Waals surface area contributed by atoms with Gasteiger partial charge in [-0.2, -0.15) is 4.31 Å². The van der Waals surface area contributed by atoms with Crippen LogP contribution in [0.2, 0.25) is 4.47 Å². The molecule has 0 saturated carbocycles. The lowest BCUT2D eigenvalue weighted by Crippen LogP contribution is -2.35. The van der Waals surface area contributed by atoms with E-state index < -0.39 is 10.0 Å². The Morgan fingerprint density at radius 2 is 2.21 bits per heavy atom. The molecule has 0 aliphatic carbocycles. The molecular weight excluding hydrogens is 306 g/mol. The van der Waals surface area contributed by atoms with Gasteiger partial charge in [-0.25, -0.2) is 13.4 Å². The minimum Gasteiger partial charge on any atom is -0.261 e. The van der Waals surface area contributed by atoms with E-state index in [9.17, 15) is 8.42 Å². The van der Waals surface area contributed by atoms with Gasteiger partial charge in [-0.1, -0.05) is 29.0 Å². The van der Waals surface area contributed by atoms with Crippen LogP contribution in [-0.4, -0.2) is 29.2 Å². The topological polar surface area (TPSA) is 63.2 Å². The molecule has 0 N–H and O–H groups in total. The third-order valence-electron chi connectivity index (χ3n) is 2.98. The number of pyridine rings is 1. The molecule has 0 aromatic carbocycles. The van der Waals surface area contributed by atoms with E-state index >= 15 is 0 Å². The zero-order valence-electron chi connectivity index (χ0n) is 9.78. The summed E-state index contributed by atoms with van der Waals surface area (Å²) in [7, 11) is -3.51.